The zero-order valence-electron chi connectivity index (χ0n) is 6.64. The van der Waals surface area contributed by atoms with Gasteiger partial charge in [-0.3, -0.25) is 0 Å². The Morgan fingerprint density at radius 2 is 2.46 bits per heavy atom. The van der Waals surface area contributed by atoms with Crippen LogP contribution in [0.5, 0.6) is 0 Å². The van der Waals surface area contributed by atoms with Gasteiger partial charge < -0.3 is 5.73 Å². The first kappa shape index (κ1) is 8.71. The van der Waals surface area contributed by atoms with E-state index in [1.54, 1.807) is 22.3 Å². The molecule has 0 unspecified atom stereocenters. The SMILES string of the molecule is Nc1cnn(Cc2ccsc2Br)n1. The van der Waals surface area contributed by atoms with E-state index in [1.807, 2.05) is 11.4 Å². The van der Waals surface area contributed by atoms with Gasteiger partial charge in [0.05, 0.1) is 16.5 Å². The number of nitrogen functional groups attached to an aromatic ring is 1. The van der Waals surface area contributed by atoms with E-state index in [-0.39, 0.29) is 0 Å². The molecule has 2 N–H and O–H groups in total. The Bertz CT molecular complexity index is 408. The minimum absolute atomic E-state index is 0.450. The second-order valence-electron chi connectivity index (χ2n) is 2.52. The lowest BCUT2D eigenvalue weighted by molar-refractivity contribution is 0.593. The Kier molecular flexibility index (Phi) is 2.32. The van der Waals surface area contributed by atoms with Crippen LogP contribution in [0.3, 0.4) is 0 Å². The standard InChI is InChI=1S/C7H7BrN4S/c8-7-5(1-2-13-7)4-12-10-3-6(9)11-12/h1-3H,4H2,(H2,9,11). The maximum atomic E-state index is 5.44. The molecule has 0 atom stereocenters. The van der Waals surface area contributed by atoms with Gasteiger partial charge in [-0.05, 0) is 27.4 Å². The van der Waals surface area contributed by atoms with Crippen LogP contribution < -0.4 is 5.73 Å². The van der Waals surface area contributed by atoms with Crippen LogP contribution in [0.25, 0.3) is 0 Å². The van der Waals surface area contributed by atoms with Crippen LogP contribution in [-0.2, 0) is 6.54 Å². The minimum Gasteiger partial charge on any atom is -0.381 e. The molecule has 0 radical (unpaired) electrons. The van der Waals surface area contributed by atoms with Crippen molar-refractivity contribution in [2.45, 2.75) is 6.54 Å². The number of aromatic nitrogens is 3. The average molecular weight is 259 g/mol. The molecule has 0 aliphatic carbocycles. The second-order valence-corrected chi connectivity index (χ2v) is 4.75. The Morgan fingerprint density at radius 3 is 3.00 bits per heavy atom. The molecule has 2 rings (SSSR count). The molecule has 0 saturated heterocycles. The van der Waals surface area contributed by atoms with Gasteiger partial charge in [-0.25, -0.2) is 0 Å². The number of rotatable bonds is 2. The quantitative estimate of drug-likeness (QED) is 0.893. The lowest BCUT2D eigenvalue weighted by atomic mass is 10.3. The molecule has 6 heteroatoms. The lowest BCUT2D eigenvalue weighted by Gasteiger charge is -1.96. The molecule has 68 valence electrons. The molecule has 0 aliphatic heterocycles. The van der Waals surface area contributed by atoms with Gasteiger partial charge in [-0.1, -0.05) is 0 Å². The second kappa shape index (κ2) is 3.47. The summed E-state index contributed by atoms with van der Waals surface area (Å²) in [4.78, 5) is 1.57. The summed E-state index contributed by atoms with van der Waals surface area (Å²) < 4.78 is 1.11. The van der Waals surface area contributed by atoms with Crippen LogP contribution in [0.2, 0.25) is 0 Å². The van der Waals surface area contributed by atoms with Crippen LogP contribution in [0, 0.1) is 0 Å². The smallest absolute Gasteiger partial charge is 0.165 e. The van der Waals surface area contributed by atoms with Crippen molar-refractivity contribution >= 4 is 33.1 Å². The van der Waals surface area contributed by atoms with Gasteiger partial charge >= 0.3 is 0 Å². The molecule has 0 aliphatic rings. The van der Waals surface area contributed by atoms with Gasteiger partial charge in [0.25, 0.3) is 0 Å². The number of hydrogen-bond donors (Lipinski definition) is 1. The first-order valence-electron chi connectivity index (χ1n) is 3.63. The van der Waals surface area contributed by atoms with E-state index in [1.165, 1.54) is 5.56 Å². The van der Waals surface area contributed by atoms with Crippen molar-refractivity contribution in [3.05, 3.63) is 27.0 Å². The summed E-state index contributed by atoms with van der Waals surface area (Å²) in [6, 6.07) is 2.04. The van der Waals surface area contributed by atoms with E-state index in [9.17, 15) is 0 Å². The summed E-state index contributed by atoms with van der Waals surface area (Å²) in [6.45, 7) is 0.654. The van der Waals surface area contributed by atoms with Crippen molar-refractivity contribution in [3.8, 4) is 0 Å². The summed E-state index contributed by atoms with van der Waals surface area (Å²) in [5.74, 6) is 0.450. The molecule has 0 spiro atoms. The largest absolute Gasteiger partial charge is 0.381 e. The van der Waals surface area contributed by atoms with E-state index in [2.05, 4.69) is 26.1 Å². The topological polar surface area (TPSA) is 56.7 Å². The fraction of sp³-hybridized carbons (Fsp3) is 0.143. The van der Waals surface area contributed by atoms with Gasteiger partial charge in [0.1, 0.15) is 0 Å². The maximum Gasteiger partial charge on any atom is 0.165 e. The van der Waals surface area contributed by atoms with Gasteiger partial charge in [0.15, 0.2) is 5.82 Å². The fourth-order valence-electron chi connectivity index (χ4n) is 0.971. The van der Waals surface area contributed by atoms with Crippen molar-refractivity contribution < 1.29 is 0 Å². The molecule has 0 bridgehead atoms. The number of thiophene rings is 1. The summed E-state index contributed by atoms with van der Waals surface area (Å²) in [6.07, 6.45) is 1.54. The third-order valence-electron chi connectivity index (χ3n) is 1.56. The van der Waals surface area contributed by atoms with E-state index in [0.717, 1.165) is 3.79 Å². The van der Waals surface area contributed by atoms with Crippen LogP contribution >= 0.6 is 27.3 Å². The number of halogens is 1. The molecule has 0 fully saturated rings. The van der Waals surface area contributed by atoms with E-state index < -0.39 is 0 Å². The minimum atomic E-state index is 0.450. The van der Waals surface area contributed by atoms with E-state index >= 15 is 0 Å². The van der Waals surface area contributed by atoms with Crippen LogP contribution in [0.15, 0.2) is 21.4 Å². The number of hydrogen-bond acceptors (Lipinski definition) is 4. The zero-order valence-corrected chi connectivity index (χ0v) is 9.05. The first-order chi connectivity index (χ1) is 6.25. The Hall–Kier alpha value is -0.880. The van der Waals surface area contributed by atoms with E-state index in [4.69, 9.17) is 5.73 Å². The first-order valence-corrected chi connectivity index (χ1v) is 5.30. The van der Waals surface area contributed by atoms with E-state index in [0.29, 0.717) is 12.4 Å². The average Bonchev–Trinajstić information content (AvgIpc) is 2.64. The number of nitrogens with two attached hydrogens (primary N) is 1. The molecular weight excluding hydrogens is 252 g/mol. The molecule has 13 heavy (non-hydrogen) atoms. The third kappa shape index (κ3) is 1.89. The number of anilines is 1. The Labute approximate surface area is 87.5 Å². The van der Waals surface area contributed by atoms with Gasteiger partial charge in [-0.2, -0.15) is 9.90 Å². The fourth-order valence-corrected chi connectivity index (χ4v) is 2.19. The summed E-state index contributed by atoms with van der Waals surface area (Å²) >= 11 is 5.10. The highest BCUT2D eigenvalue weighted by molar-refractivity contribution is 9.11. The Morgan fingerprint density at radius 1 is 1.62 bits per heavy atom. The Balaban J connectivity index is 2.19. The summed E-state index contributed by atoms with van der Waals surface area (Å²) in [7, 11) is 0. The molecule has 4 nitrogen and oxygen atoms in total. The zero-order chi connectivity index (χ0) is 9.26. The van der Waals surface area contributed by atoms with Crippen LogP contribution in [0.1, 0.15) is 5.56 Å². The van der Waals surface area contributed by atoms with Gasteiger partial charge in [0.2, 0.25) is 0 Å². The normalized spacial score (nSPS) is 10.5. The summed E-state index contributed by atoms with van der Waals surface area (Å²) in [5.41, 5.74) is 6.61. The third-order valence-corrected chi connectivity index (χ3v) is 3.37. The lowest BCUT2D eigenvalue weighted by Crippen LogP contribution is -2.03. The molecule has 2 heterocycles. The predicted molar refractivity (Wildman–Crippen MR) is 55.6 cm³/mol. The van der Waals surface area contributed by atoms with Gasteiger partial charge in [-0.15, -0.1) is 16.4 Å². The van der Waals surface area contributed by atoms with Crippen molar-refractivity contribution in [1.82, 2.24) is 15.0 Å². The van der Waals surface area contributed by atoms with Crippen molar-refractivity contribution in [3.63, 3.8) is 0 Å². The highest BCUT2D eigenvalue weighted by Crippen LogP contribution is 2.23. The molecule has 0 aromatic carbocycles. The predicted octanol–water partition coefficient (Wildman–Crippen LogP) is 1.73. The van der Waals surface area contributed by atoms with Crippen LogP contribution in [-0.4, -0.2) is 15.0 Å². The van der Waals surface area contributed by atoms with Crippen molar-refractivity contribution in [1.29, 1.82) is 0 Å². The maximum absolute atomic E-state index is 5.44. The highest BCUT2D eigenvalue weighted by atomic mass is 79.9. The van der Waals surface area contributed by atoms with Crippen molar-refractivity contribution in [2.75, 3.05) is 5.73 Å². The number of nitrogens with zero attached hydrogens (tertiary/aromatic N) is 3. The molecule has 0 saturated carbocycles. The van der Waals surface area contributed by atoms with Crippen molar-refractivity contribution in [2.24, 2.45) is 0 Å². The monoisotopic (exact) mass is 258 g/mol. The highest BCUT2D eigenvalue weighted by Gasteiger charge is 2.03. The molecule has 0 amide bonds. The summed E-state index contributed by atoms with van der Waals surface area (Å²) in [5, 5.41) is 10.0. The molecule has 2 aromatic heterocycles. The van der Waals surface area contributed by atoms with Crippen LogP contribution in [0.4, 0.5) is 5.82 Å². The molecular formula is C7H7BrN4S. The van der Waals surface area contributed by atoms with Gasteiger partial charge in [0, 0.05) is 5.56 Å². The molecule has 2 aromatic rings.